The number of hydrogen-bond acceptors (Lipinski definition) is 3. The number of hydrogen-bond donors (Lipinski definition) is 2. The molecule has 3 nitrogen and oxygen atoms in total. The smallest absolute Gasteiger partial charge is 0.225 e. The molecule has 5 atom stereocenters. The van der Waals surface area contributed by atoms with Gasteiger partial charge < -0.3 is 11.1 Å². The number of thiophene rings is 1. The molecule has 1 aromatic heterocycles. The van der Waals surface area contributed by atoms with E-state index >= 15 is 0 Å². The van der Waals surface area contributed by atoms with Crippen molar-refractivity contribution in [3.8, 4) is 0 Å². The summed E-state index contributed by atoms with van der Waals surface area (Å²) in [6, 6.07) is 4.27. The van der Waals surface area contributed by atoms with E-state index in [1.54, 1.807) is 11.3 Å². The van der Waals surface area contributed by atoms with Gasteiger partial charge in [-0.05, 0) is 49.5 Å². The van der Waals surface area contributed by atoms with Gasteiger partial charge in [0.15, 0.2) is 0 Å². The summed E-state index contributed by atoms with van der Waals surface area (Å²) in [6.07, 6.45) is 3.56. The first-order valence-electron chi connectivity index (χ1n) is 6.76. The van der Waals surface area contributed by atoms with Gasteiger partial charge in [-0.25, -0.2) is 0 Å². The fourth-order valence-electron chi connectivity index (χ4n) is 3.64. The van der Waals surface area contributed by atoms with Gasteiger partial charge in [0.25, 0.3) is 0 Å². The summed E-state index contributed by atoms with van der Waals surface area (Å²) in [6.45, 7) is 2.04. The summed E-state index contributed by atoms with van der Waals surface area (Å²) in [4.78, 5) is 13.6. The maximum atomic E-state index is 12.4. The fourth-order valence-corrected chi connectivity index (χ4v) is 4.38. The first-order chi connectivity index (χ1) is 8.66. The lowest BCUT2D eigenvalue weighted by Crippen LogP contribution is -2.45. The first kappa shape index (κ1) is 12.2. The topological polar surface area (TPSA) is 55.1 Å². The lowest BCUT2D eigenvalue weighted by Gasteiger charge is -2.28. The Morgan fingerprint density at radius 1 is 1.50 bits per heavy atom. The summed E-state index contributed by atoms with van der Waals surface area (Å²) in [5, 5.41) is 5.17. The normalized spacial score (nSPS) is 35.7. The lowest BCUT2D eigenvalue weighted by molar-refractivity contribution is -0.127. The Hall–Kier alpha value is -0.870. The Kier molecular flexibility index (Phi) is 3.16. The van der Waals surface area contributed by atoms with Gasteiger partial charge in [-0.1, -0.05) is 6.07 Å². The number of nitrogens with two attached hydrogens (primary N) is 1. The zero-order chi connectivity index (χ0) is 12.7. The van der Waals surface area contributed by atoms with Gasteiger partial charge in [0.05, 0.1) is 12.0 Å². The van der Waals surface area contributed by atoms with Crippen LogP contribution in [0.2, 0.25) is 0 Å². The van der Waals surface area contributed by atoms with Crippen molar-refractivity contribution in [2.24, 2.45) is 23.5 Å². The van der Waals surface area contributed by atoms with E-state index in [2.05, 4.69) is 11.4 Å². The molecule has 0 spiro atoms. The third-order valence-electron chi connectivity index (χ3n) is 4.61. The minimum Gasteiger partial charge on any atom is -0.348 e. The number of amides is 1. The minimum atomic E-state index is 0.0474. The third-order valence-corrected chi connectivity index (χ3v) is 5.67. The number of carbonyl (C=O) groups is 1. The minimum absolute atomic E-state index is 0.0474. The molecule has 2 saturated carbocycles. The molecular formula is C14H20N2OS. The molecule has 2 aliphatic rings. The van der Waals surface area contributed by atoms with Crippen molar-refractivity contribution in [3.05, 3.63) is 22.4 Å². The highest BCUT2D eigenvalue weighted by Gasteiger charge is 2.49. The molecule has 0 radical (unpaired) electrons. The Morgan fingerprint density at radius 2 is 2.28 bits per heavy atom. The Balaban J connectivity index is 1.65. The largest absolute Gasteiger partial charge is 0.348 e. The second-order valence-electron chi connectivity index (χ2n) is 5.68. The van der Waals surface area contributed by atoms with Crippen LogP contribution in [0.4, 0.5) is 0 Å². The highest BCUT2D eigenvalue weighted by Crippen LogP contribution is 2.47. The quantitative estimate of drug-likeness (QED) is 0.880. The van der Waals surface area contributed by atoms with Crippen molar-refractivity contribution < 1.29 is 4.79 Å². The van der Waals surface area contributed by atoms with Crippen LogP contribution in [0.5, 0.6) is 0 Å². The third kappa shape index (κ3) is 1.97. The van der Waals surface area contributed by atoms with Gasteiger partial charge in [-0.2, -0.15) is 0 Å². The van der Waals surface area contributed by atoms with E-state index in [0.29, 0.717) is 11.8 Å². The van der Waals surface area contributed by atoms with Gasteiger partial charge in [0.1, 0.15) is 0 Å². The van der Waals surface area contributed by atoms with Crippen molar-refractivity contribution in [2.45, 2.75) is 38.3 Å². The summed E-state index contributed by atoms with van der Waals surface area (Å²) in [7, 11) is 0. The fraction of sp³-hybridized carbons (Fsp3) is 0.643. The second-order valence-corrected chi connectivity index (χ2v) is 6.66. The van der Waals surface area contributed by atoms with Crippen molar-refractivity contribution in [1.29, 1.82) is 0 Å². The van der Waals surface area contributed by atoms with Crippen molar-refractivity contribution in [1.82, 2.24) is 5.32 Å². The maximum Gasteiger partial charge on any atom is 0.225 e. The molecule has 4 unspecified atom stereocenters. The van der Waals surface area contributed by atoms with Crippen LogP contribution < -0.4 is 11.1 Å². The molecule has 3 rings (SSSR count). The van der Waals surface area contributed by atoms with Gasteiger partial charge in [-0.3, -0.25) is 4.79 Å². The average molecular weight is 264 g/mol. The van der Waals surface area contributed by atoms with Crippen molar-refractivity contribution in [2.75, 3.05) is 0 Å². The first-order valence-corrected chi connectivity index (χ1v) is 7.64. The summed E-state index contributed by atoms with van der Waals surface area (Å²) < 4.78 is 0. The number of carbonyl (C=O) groups excluding carboxylic acids is 1. The van der Waals surface area contributed by atoms with E-state index in [1.165, 1.54) is 17.7 Å². The molecule has 4 heteroatoms. The van der Waals surface area contributed by atoms with Crippen LogP contribution >= 0.6 is 11.3 Å². The van der Waals surface area contributed by atoms with Crippen molar-refractivity contribution in [3.63, 3.8) is 0 Å². The number of fused-ring (bicyclic) bond motifs is 2. The highest BCUT2D eigenvalue weighted by atomic mass is 32.1. The predicted molar refractivity (Wildman–Crippen MR) is 73.2 cm³/mol. The Morgan fingerprint density at radius 3 is 2.89 bits per heavy atom. The number of nitrogens with one attached hydrogen (secondary N) is 1. The maximum absolute atomic E-state index is 12.4. The summed E-state index contributed by atoms with van der Waals surface area (Å²) in [5.41, 5.74) is 6.20. The van der Waals surface area contributed by atoms with Crippen LogP contribution in [0.3, 0.4) is 0 Å². The highest BCUT2D eigenvalue weighted by molar-refractivity contribution is 7.10. The zero-order valence-electron chi connectivity index (χ0n) is 10.6. The van der Waals surface area contributed by atoms with E-state index in [0.717, 1.165) is 6.42 Å². The van der Waals surface area contributed by atoms with E-state index in [4.69, 9.17) is 5.73 Å². The second kappa shape index (κ2) is 4.67. The molecular weight excluding hydrogens is 244 g/mol. The molecule has 2 aliphatic carbocycles. The van der Waals surface area contributed by atoms with Crippen molar-refractivity contribution >= 4 is 17.2 Å². The van der Waals surface area contributed by atoms with Crippen LogP contribution in [-0.2, 0) is 4.79 Å². The molecule has 2 bridgehead atoms. The molecule has 1 amide bonds. The van der Waals surface area contributed by atoms with Crippen LogP contribution in [0.25, 0.3) is 0 Å². The van der Waals surface area contributed by atoms with Crippen LogP contribution in [0.1, 0.15) is 37.1 Å². The van der Waals surface area contributed by atoms with Crippen LogP contribution in [0.15, 0.2) is 17.5 Å². The monoisotopic (exact) mass is 264 g/mol. The van der Waals surface area contributed by atoms with E-state index in [-0.39, 0.29) is 23.9 Å². The molecule has 2 fully saturated rings. The van der Waals surface area contributed by atoms with E-state index < -0.39 is 0 Å². The van der Waals surface area contributed by atoms with E-state index in [1.807, 2.05) is 18.4 Å². The summed E-state index contributed by atoms with van der Waals surface area (Å²) in [5.74, 6) is 1.32. The zero-order valence-corrected chi connectivity index (χ0v) is 11.5. The average Bonchev–Trinajstić information content (AvgIpc) is 3.05. The number of rotatable bonds is 3. The lowest BCUT2D eigenvalue weighted by atomic mass is 9.84. The predicted octanol–water partition coefficient (Wildman–Crippen LogP) is 2.30. The van der Waals surface area contributed by atoms with Crippen LogP contribution in [-0.4, -0.2) is 11.9 Å². The molecule has 0 saturated heterocycles. The van der Waals surface area contributed by atoms with E-state index in [9.17, 15) is 4.79 Å². The Bertz CT molecular complexity index is 429. The molecule has 3 N–H and O–H groups in total. The standard InChI is InChI=1S/C14H20N2OS/c1-8(11-3-2-6-18-11)16-14(17)12-9-4-5-10(7-9)13(12)15/h2-3,6,8-10,12-13H,4-5,7,15H2,1H3,(H,16,17)/t8-,9?,10?,12?,13?/m1/s1. The Labute approximate surface area is 112 Å². The van der Waals surface area contributed by atoms with Gasteiger partial charge >= 0.3 is 0 Å². The molecule has 0 aromatic carbocycles. The summed E-state index contributed by atoms with van der Waals surface area (Å²) >= 11 is 1.69. The molecule has 1 heterocycles. The van der Waals surface area contributed by atoms with Crippen LogP contribution in [0, 0.1) is 17.8 Å². The SMILES string of the molecule is C[C@@H](NC(=O)C1C2CCC(C2)C1N)c1cccs1. The van der Waals surface area contributed by atoms with Gasteiger partial charge in [-0.15, -0.1) is 11.3 Å². The van der Waals surface area contributed by atoms with Gasteiger partial charge in [0, 0.05) is 10.9 Å². The molecule has 1 aromatic rings. The molecule has 98 valence electrons. The van der Waals surface area contributed by atoms with Gasteiger partial charge in [0.2, 0.25) is 5.91 Å². The molecule has 0 aliphatic heterocycles. The molecule has 18 heavy (non-hydrogen) atoms.